The topological polar surface area (TPSA) is 0 Å². The minimum Gasteiger partial charge on any atom is 0 e. The van der Waals surface area contributed by atoms with Crippen LogP contribution in [0.3, 0.4) is 0 Å². The van der Waals surface area contributed by atoms with Crippen molar-refractivity contribution in [2.45, 2.75) is 0 Å². The molecule has 0 aliphatic rings. The molecule has 0 saturated carbocycles. The largest absolute Gasteiger partial charge is 0 e. The van der Waals surface area contributed by atoms with Gasteiger partial charge in [-0.25, -0.2) is 0 Å². The Morgan fingerprint density at radius 1 is 0.750 bits per heavy atom. The average molecular weight is 323 g/mol. The molecule has 0 fully saturated rings. The molecule has 0 unspecified atom stereocenters. The van der Waals surface area contributed by atoms with Crippen molar-refractivity contribution in [1.82, 2.24) is 0 Å². The second-order valence-electron chi connectivity index (χ2n) is 0. The van der Waals surface area contributed by atoms with Crippen molar-refractivity contribution in [2.24, 2.45) is 0 Å². The fourth-order valence-electron chi connectivity index (χ4n) is 0. The molecule has 0 nitrogen and oxygen atoms in total. The van der Waals surface area contributed by atoms with Gasteiger partial charge in [0.25, 0.3) is 0 Å². The number of hydrogen-bond acceptors (Lipinski definition) is 0. The number of hydrogen-bond donors (Lipinski definition) is 0. The van der Waals surface area contributed by atoms with Gasteiger partial charge in [-0.15, -0.1) is 0 Å². The molecule has 0 bridgehead atoms. The van der Waals surface area contributed by atoms with Crippen LogP contribution in [0.15, 0.2) is 0 Å². The van der Waals surface area contributed by atoms with E-state index in [4.69, 9.17) is 0 Å². The summed E-state index contributed by atoms with van der Waals surface area (Å²) in [6, 6.07) is 0. The van der Waals surface area contributed by atoms with Crippen molar-refractivity contribution in [3.8, 4) is 0 Å². The van der Waals surface area contributed by atoms with Gasteiger partial charge in [0.1, 0.15) is 0 Å². The Morgan fingerprint density at radius 3 is 0.750 bits per heavy atom. The summed E-state index contributed by atoms with van der Waals surface area (Å²) >= 11 is 0. The molecular weight excluding hydrogens is 323 g/mol. The van der Waals surface area contributed by atoms with Crippen LogP contribution in [-0.4, -0.2) is 48.9 Å². The molecule has 0 saturated heterocycles. The third-order valence-electron chi connectivity index (χ3n) is 0. The van der Waals surface area contributed by atoms with E-state index < -0.39 is 0 Å². The molecule has 4 heavy (non-hydrogen) atoms. The van der Waals surface area contributed by atoms with Gasteiger partial charge in [0.05, 0.1) is 0 Å². The van der Waals surface area contributed by atoms with Gasteiger partial charge in [-0.1, -0.05) is 0 Å². The summed E-state index contributed by atoms with van der Waals surface area (Å²) in [7, 11) is 0. The van der Waals surface area contributed by atoms with Crippen molar-refractivity contribution < 1.29 is 56.0 Å². The molecule has 0 aromatic rings. The Kier molecular flexibility index (Phi) is 107. The zero-order valence-corrected chi connectivity index (χ0v) is 14.1. The van der Waals surface area contributed by atoms with Gasteiger partial charge in [0, 0.05) is 105 Å². The summed E-state index contributed by atoms with van der Waals surface area (Å²) in [4.78, 5) is 0. The van der Waals surface area contributed by atoms with Crippen LogP contribution in [-0.2, 0) is 56.0 Å². The molecule has 0 aromatic carbocycles. The van der Waals surface area contributed by atoms with Crippen molar-refractivity contribution in [1.29, 1.82) is 0 Å². The summed E-state index contributed by atoms with van der Waals surface area (Å²) in [5, 5.41) is 0. The van der Waals surface area contributed by atoms with Crippen LogP contribution in [0.5, 0.6) is 0 Å². The molecule has 0 aliphatic carbocycles. The zero-order valence-electron chi connectivity index (χ0n) is 2.50. The van der Waals surface area contributed by atoms with Gasteiger partial charge in [0.2, 0.25) is 0 Å². The minimum atomic E-state index is 0. The summed E-state index contributed by atoms with van der Waals surface area (Å²) < 4.78 is 0. The zero-order chi connectivity index (χ0) is 0. The first kappa shape index (κ1) is 26.5. The molecule has 4 heteroatoms. The summed E-state index contributed by atoms with van der Waals surface area (Å²) in [5.74, 6) is 0. The van der Waals surface area contributed by atoms with Crippen molar-refractivity contribution in [2.75, 3.05) is 0 Å². The van der Waals surface area contributed by atoms with E-state index in [0.29, 0.717) is 0 Å². The van der Waals surface area contributed by atoms with E-state index in [9.17, 15) is 0 Å². The predicted molar refractivity (Wildman–Crippen MR) is 5.75 cm³/mol. The maximum Gasteiger partial charge on any atom is 0 e. The van der Waals surface area contributed by atoms with Gasteiger partial charge in [-0.2, -0.15) is 0 Å². The maximum absolute atomic E-state index is 0. The van der Waals surface area contributed by atoms with Crippen LogP contribution in [0.2, 0.25) is 0 Å². The second kappa shape index (κ2) is 16.2. The Hall–Kier alpha value is 3.34. The Labute approximate surface area is 102 Å². The monoisotopic (exact) mass is 321 g/mol. The molecule has 13 valence electrons. The molecule has 0 rings (SSSR count). The molecule has 0 heterocycles. The normalized spacial score (nSPS) is 0. The third-order valence-corrected chi connectivity index (χ3v) is 0. The molecular formula is BaMnZn2. The van der Waals surface area contributed by atoms with Gasteiger partial charge in [-0.3, -0.25) is 0 Å². The van der Waals surface area contributed by atoms with Gasteiger partial charge >= 0.3 is 0 Å². The Bertz CT molecular complexity index is 6.00. The first-order chi connectivity index (χ1) is 0. The average Bonchev–Trinajstić information content (AvgIpc) is 0. The first-order valence-electron chi connectivity index (χ1n) is 0. The number of rotatable bonds is 0. The van der Waals surface area contributed by atoms with E-state index in [-0.39, 0.29) is 105 Å². The predicted octanol–water partition coefficient (Wildman–Crippen LogP) is -0.388. The van der Waals surface area contributed by atoms with E-state index in [0.717, 1.165) is 0 Å². The van der Waals surface area contributed by atoms with Crippen LogP contribution in [0.1, 0.15) is 0 Å². The quantitative estimate of drug-likeness (QED) is 0.533. The van der Waals surface area contributed by atoms with E-state index >= 15 is 0 Å². The van der Waals surface area contributed by atoms with Crippen LogP contribution in [0.25, 0.3) is 0 Å². The molecule has 0 N–H and O–H groups in total. The van der Waals surface area contributed by atoms with Gasteiger partial charge in [-0.05, 0) is 0 Å². The van der Waals surface area contributed by atoms with Crippen molar-refractivity contribution in [3.63, 3.8) is 0 Å². The second-order valence-corrected chi connectivity index (χ2v) is 0. The van der Waals surface area contributed by atoms with Crippen LogP contribution in [0.4, 0.5) is 0 Å². The van der Waals surface area contributed by atoms with E-state index in [1.54, 1.807) is 0 Å². The first-order valence-corrected chi connectivity index (χ1v) is 0. The van der Waals surface area contributed by atoms with Gasteiger partial charge < -0.3 is 0 Å². The summed E-state index contributed by atoms with van der Waals surface area (Å²) in [6.45, 7) is 0. The standard InChI is InChI=1S/Ba.Mn.2Zn. The Balaban J connectivity index is 0. The third kappa shape index (κ3) is 9.02. The summed E-state index contributed by atoms with van der Waals surface area (Å²) in [6.07, 6.45) is 0. The molecule has 0 atom stereocenters. The molecule has 3 radical (unpaired) electrons. The van der Waals surface area contributed by atoms with Crippen LogP contribution >= 0.6 is 0 Å². The van der Waals surface area contributed by atoms with Gasteiger partial charge in [0.15, 0.2) is 0 Å². The summed E-state index contributed by atoms with van der Waals surface area (Å²) in [5.41, 5.74) is 0. The SMILES string of the molecule is [Ba].[Mn].[Zn].[Zn]. The molecule has 0 spiro atoms. The Morgan fingerprint density at radius 2 is 0.750 bits per heavy atom. The van der Waals surface area contributed by atoms with Crippen molar-refractivity contribution >= 4 is 48.9 Å². The van der Waals surface area contributed by atoms with E-state index in [1.165, 1.54) is 0 Å². The molecule has 0 amide bonds. The van der Waals surface area contributed by atoms with Crippen LogP contribution in [0, 0.1) is 0 Å². The molecule has 0 aromatic heterocycles. The van der Waals surface area contributed by atoms with Crippen molar-refractivity contribution in [3.05, 3.63) is 0 Å². The fourth-order valence-corrected chi connectivity index (χ4v) is 0. The minimum absolute atomic E-state index is 0. The molecule has 0 aliphatic heterocycles. The fraction of sp³-hybridized carbons (Fsp3) is 0. The maximum atomic E-state index is 0. The smallest absolute Gasteiger partial charge is 0 e. The van der Waals surface area contributed by atoms with Crippen LogP contribution < -0.4 is 0 Å². The van der Waals surface area contributed by atoms with E-state index in [1.807, 2.05) is 0 Å². The van der Waals surface area contributed by atoms with E-state index in [2.05, 4.69) is 0 Å².